The molecule has 2 nitrogen and oxygen atoms in total. The Labute approximate surface area is 65.9 Å². The predicted molar refractivity (Wildman–Crippen MR) is 45.7 cm³/mol. The molecule has 0 atom stereocenters. The zero-order valence-electron chi connectivity index (χ0n) is 6.60. The van der Waals surface area contributed by atoms with Gasteiger partial charge in [-0.1, -0.05) is 6.92 Å². The van der Waals surface area contributed by atoms with Crippen LogP contribution in [-0.2, 0) is 4.79 Å². The number of carbonyl (C=O) groups excluding carboxylic acids is 1. The maximum atomic E-state index is 10.8. The van der Waals surface area contributed by atoms with Crippen LogP contribution in [0.3, 0.4) is 0 Å². The van der Waals surface area contributed by atoms with Crippen molar-refractivity contribution in [1.82, 2.24) is 0 Å². The fourth-order valence-corrected chi connectivity index (χ4v) is 1.36. The molecule has 0 rings (SSSR count). The van der Waals surface area contributed by atoms with E-state index in [1.54, 1.807) is 6.92 Å². The van der Waals surface area contributed by atoms with Gasteiger partial charge < -0.3 is 5.73 Å². The molecule has 0 unspecified atom stereocenters. The minimum Gasteiger partial charge on any atom is -0.401 e. The summed E-state index contributed by atoms with van der Waals surface area (Å²) in [6.07, 6.45) is 0. The topological polar surface area (TPSA) is 43.1 Å². The molecule has 0 bridgehead atoms. The summed E-state index contributed by atoms with van der Waals surface area (Å²) in [6.45, 7) is 5.28. The van der Waals surface area contributed by atoms with Crippen molar-refractivity contribution in [1.29, 1.82) is 0 Å². The fraction of sp³-hybridized carbons (Fsp3) is 0.571. The molecule has 0 aromatic heterocycles. The standard InChI is InChI=1S/C7H13NOS/c1-4-10-7(5(2)8)6(3)9/h4,8H2,1-3H3/b7-5-. The van der Waals surface area contributed by atoms with Crippen LogP contribution in [0.2, 0.25) is 0 Å². The van der Waals surface area contributed by atoms with E-state index >= 15 is 0 Å². The van der Waals surface area contributed by atoms with Crippen LogP contribution in [-0.4, -0.2) is 11.5 Å². The summed E-state index contributed by atoms with van der Waals surface area (Å²) in [4.78, 5) is 11.5. The Morgan fingerprint density at radius 2 is 2.00 bits per heavy atom. The van der Waals surface area contributed by atoms with E-state index in [2.05, 4.69) is 0 Å². The van der Waals surface area contributed by atoms with Crippen LogP contribution in [0.5, 0.6) is 0 Å². The van der Waals surface area contributed by atoms with Gasteiger partial charge in [-0.3, -0.25) is 4.79 Å². The number of nitrogens with two attached hydrogens (primary N) is 1. The molecule has 0 aliphatic rings. The van der Waals surface area contributed by atoms with Crippen molar-refractivity contribution in [2.45, 2.75) is 20.8 Å². The Balaban J connectivity index is 4.28. The van der Waals surface area contributed by atoms with E-state index in [4.69, 9.17) is 5.73 Å². The quantitative estimate of drug-likeness (QED) is 0.635. The minimum atomic E-state index is 0.0619. The SMILES string of the molecule is CCS/C(C(C)=O)=C(/C)N. The number of thioether (sulfide) groups is 1. The minimum absolute atomic E-state index is 0.0619. The van der Waals surface area contributed by atoms with Crippen LogP contribution in [0.15, 0.2) is 10.6 Å². The van der Waals surface area contributed by atoms with Gasteiger partial charge in [0.1, 0.15) is 0 Å². The fourth-order valence-electron chi connectivity index (χ4n) is 0.637. The van der Waals surface area contributed by atoms with Gasteiger partial charge in [0.05, 0.1) is 4.91 Å². The number of Topliss-reactive ketones (excluding diaryl/α,β-unsaturated/α-hetero) is 1. The summed E-state index contributed by atoms with van der Waals surface area (Å²) in [7, 11) is 0. The lowest BCUT2D eigenvalue weighted by Crippen LogP contribution is -2.03. The van der Waals surface area contributed by atoms with Gasteiger partial charge in [-0.2, -0.15) is 0 Å². The third-order valence-electron chi connectivity index (χ3n) is 0.967. The zero-order chi connectivity index (χ0) is 8.15. The molecule has 2 N–H and O–H groups in total. The molecular weight excluding hydrogens is 146 g/mol. The molecule has 0 fully saturated rings. The highest BCUT2D eigenvalue weighted by Crippen LogP contribution is 2.17. The molecule has 0 radical (unpaired) electrons. The number of allylic oxidation sites excluding steroid dienone is 2. The third kappa shape index (κ3) is 2.92. The second-order valence-corrected chi connectivity index (χ2v) is 3.28. The van der Waals surface area contributed by atoms with Gasteiger partial charge in [-0.05, 0) is 19.6 Å². The van der Waals surface area contributed by atoms with E-state index in [1.807, 2.05) is 6.92 Å². The summed E-state index contributed by atoms with van der Waals surface area (Å²) in [5.41, 5.74) is 6.09. The van der Waals surface area contributed by atoms with Crippen LogP contribution in [0.4, 0.5) is 0 Å². The molecule has 0 aliphatic heterocycles. The molecule has 0 saturated carbocycles. The van der Waals surface area contributed by atoms with E-state index in [-0.39, 0.29) is 5.78 Å². The summed E-state index contributed by atoms with van der Waals surface area (Å²) < 4.78 is 0. The molecule has 58 valence electrons. The number of ketones is 1. The molecule has 0 aliphatic carbocycles. The van der Waals surface area contributed by atoms with Crippen LogP contribution in [0, 0.1) is 0 Å². The summed E-state index contributed by atoms with van der Waals surface area (Å²) >= 11 is 1.50. The number of carbonyl (C=O) groups is 1. The van der Waals surface area contributed by atoms with Gasteiger partial charge in [0.2, 0.25) is 0 Å². The highest BCUT2D eigenvalue weighted by Gasteiger charge is 2.04. The van der Waals surface area contributed by atoms with Crippen molar-refractivity contribution < 1.29 is 4.79 Å². The first-order valence-corrected chi connectivity index (χ1v) is 4.18. The Kier molecular flexibility index (Phi) is 4.19. The maximum Gasteiger partial charge on any atom is 0.167 e. The molecule has 3 heteroatoms. The van der Waals surface area contributed by atoms with E-state index < -0.39 is 0 Å². The zero-order valence-corrected chi connectivity index (χ0v) is 7.42. The molecule has 0 amide bonds. The molecule has 0 heterocycles. The van der Waals surface area contributed by atoms with E-state index in [0.29, 0.717) is 10.6 Å². The van der Waals surface area contributed by atoms with Crippen molar-refractivity contribution in [3.63, 3.8) is 0 Å². The third-order valence-corrected chi connectivity index (χ3v) is 2.15. The van der Waals surface area contributed by atoms with Gasteiger partial charge in [0, 0.05) is 5.70 Å². The van der Waals surface area contributed by atoms with Crippen molar-refractivity contribution >= 4 is 17.5 Å². The lowest BCUT2D eigenvalue weighted by atomic mass is 10.3. The molecule has 10 heavy (non-hydrogen) atoms. The van der Waals surface area contributed by atoms with Crippen molar-refractivity contribution in [2.24, 2.45) is 5.73 Å². The first-order valence-electron chi connectivity index (χ1n) is 3.19. The monoisotopic (exact) mass is 159 g/mol. The molecular formula is C7H13NOS. The molecule has 0 aromatic rings. The molecule has 0 spiro atoms. The van der Waals surface area contributed by atoms with Gasteiger partial charge in [-0.25, -0.2) is 0 Å². The van der Waals surface area contributed by atoms with Gasteiger partial charge >= 0.3 is 0 Å². The number of hydrogen-bond acceptors (Lipinski definition) is 3. The predicted octanol–water partition coefficient (Wildman–Crippen LogP) is 1.52. The average Bonchev–Trinajstić information content (AvgIpc) is 1.81. The van der Waals surface area contributed by atoms with Crippen LogP contribution in [0.25, 0.3) is 0 Å². The summed E-state index contributed by atoms with van der Waals surface area (Å²) in [5.74, 6) is 0.954. The molecule has 0 saturated heterocycles. The van der Waals surface area contributed by atoms with Gasteiger partial charge in [-0.15, -0.1) is 11.8 Å². The highest BCUT2D eigenvalue weighted by atomic mass is 32.2. The van der Waals surface area contributed by atoms with E-state index in [0.717, 1.165) is 5.75 Å². The highest BCUT2D eigenvalue weighted by molar-refractivity contribution is 8.04. The first kappa shape index (κ1) is 9.56. The Hall–Kier alpha value is -0.440. The smallest absolute Gasteiger partial charge is 0.167 e. The first-order chi connectivity index (χ1) is 4.59. The average molecular weight is 159 g/mol. The maximum absolute atomic E-state index is 10.8. The van der Waals surface area contributed by atoms with E-state index in [1.165, 1.54) is 18.7 Å². The largest absolute Gasteiger partial charge is 0.401 e. The van der Waals surface area contributed by atoms with Crippen molar-refractivity contribution in [3.05, 3.63) is 10.6 Å². The summed E-state index contributed by atoms with van der Waals surface area (Å²) in [6, 6.07) is 0. The lowest BCUT2D eigenvalue weighted by Gasteiger charge is -2.01. The Morgan fingerprint density at radius 3 is 2.10 bits per heavy atom. The van der Waals surface area contributed by atoms with Gasteiger partial charge in [0.15, 0.2) is 5.78 Å². The van der Waals surface area contributed by atoms with Crippen molar-refractivity contribution in [3.8, 4) is 0 Å². The lowest BCUT2D eigenvalue weighted by molar-refractivity contribution is -0.113. The normalized spacial score (nSPS) is 12.7. The second-order valence-electron chi connectivity index (χ2n) is 2.00. The van der Waals surface area contributed by atoms with Crippen molar-refractivity contribution in [2.75, 3.05) is 5.75 Å². The van der Waals surface area contributed by atoms with Crippen LogP contribution in [0.1, 0.15) is 20.8 Å². The number of rotatable bonds is 3. The Bertz CT molecular complexity index is 159. The summed E-state index contributed by atoms with van der Waals surface area (Å²) in [5, 5.41) is 0. The molecule has 0 aromatic carbocycles. The van der Waals surface area contributed by atoms with E-state index in [9.17, 15) is 4.79 Å². The second kappa shape index (κ2) is 4.39. The van der Waals surface area contributed by atoms with Crippen LogP contribution >= 0.6 is 11.8 Å². The Morgan fingerprint density at radius 1 is 1.50 bits per heavy atom. The number of hydrogen-bond donors (Lipinski definition) is 1. The van der Waals surface area contributed by atoms with Gasteiger partial charge in [0.25, 0.3) is 0 Å². The van der Waals surface area contributed by atoms with Crippen LogP contribution < -0.4 is 5.73 Å².